The molecule has 0 radical (unpaired) electrons. The molecule has 0 aliphatic carbocycles. The summed E-state index contributed by atoms with van der Waals surface area (Å²) in [6, 6.07) is 5.94. The van der Waals surface area contributed by atoms with E-state index in [4.69, 9.17) is 10.8 Å². The minimum absolute atomic E-state index is 0.113. The zero-order valence-electron chi connectivity index (χ0n) is 9.21. The number of anilines is 2. The maximum Gasteiger partial charge on any atom is 0.256 e. The topological polar surface area (TPSA) is 93.2 Å². The van der Waals surface area contributed by atoms with E-state index in [9.17, 15) is 4.79 Å². The van der Waals surface area contributed by atoms with E-state index >= 15 is 0 Å². The number of aromatic nitrogens is 2. The monoisotopic (exact) mass is 232 g/mol. The lowest BCUT2D eigenvalue weighted by atomic mass is 10.2. The zero-order chi connectivity index (χ0) is 12.4. The highest BCUT2D eigenvalue weighted by atomic mass is 16.3. The fraction of sp³-hybridized carbons (Fsp3) is 0.0909. The molecule has 2 rings (SSSR count). The van der Waals surface area contributed by atoms with Crippen molar-refractivity contribution in [3.8, 4) is 5.75 Å². The van der Waals surface area contributed by atoms with Gasteiger partial charge in [0.1, 0.15) is 5.75 Å². The highest BCUT2D eigenvalue weighted by molar-refractivity contribution is 6.05. The van der Waals surface area contributed by atoms with Crippen molar-refractivity contribution < 1.29 is 9.90 Å². The van der Waals surface area contributed by atoms with Crippen LogP contribution in [0.15, 0.2) is 30.5 Å². The fourth-order valence-corrected chi connectivity index (χ4v) is 1.40. The van der Waals surface area contributed by atoms with Gasteiger partial charge < -0.3 is 16.2 Å². The normalized spacial score (nSPS) is 10.2. The Morgan fingerprint density at radius 1 is 1.41 bits per heavy atom. The summed E-state index contributed by atoms with van der Waals surface area (Å²) >= 11 is 0. The van der Waals surface area contributed by atoms with Crippen molar-refractivity contribution in [2.24, 2.45) is 7.05 Å². The van der Waals surface area contributed by atoms with Crippen molar-refractivity contribution in [3.05, 3.63) is 36.0 Å². The summed E-state index contributed by atoms with van der Waals surface area (Å²) in [5.74, 6) is 0.255. The van der Waals surface area contributed by atoms with Crippen LogP contribution in [0.4, 0.5) is 11.5 Å². The molecule has 0 fully saturated rings. The number of hydrogen-bond donors (Lipinski definition) is 3. The molecule has 1 aromatic carbocycles. The molecule has 0 saturated carbocycles. The predicted molar refractivity (Wildman–Crippen MR) is 63.7 cm³/mol. The van der Waals surface area contributed by atoms with Gasteiger partial charge in [-0.1, -0.05) is 0 Å². The first-order valence-electron chi connectivity index (χ1n) is 4.96. The van der Waals surface area contributed by atoms with E-state index in [1.807, 2.05) is 0 Å². The third-order valence-corrected chi connectivity index (χ3v) is 2.33. The summed E-state index contributed by atoms with van der Waals surface area (Å²) in [7, 11) is 1.68. The van der Waals surface area contributed by atoms with Gasteiger partial charge in [-0.25, -0.2) is 0 Å². The third-order valence-electron chi connectivity index (χ3n) is 2.33. The van der Waals surface area contributed by atoms with E-state index in [-0.39, 0.29) is 11.7 Å². The number of nitrogen functional groups attached to an aromatic ring is 1. The molecule has 1 heterocycles. The Morgan fingerprint density at radius 3 is 2.59 bits per heavy atom. The third kappa shape index (κ3) is 2.20. The second kappa shape index (κ2) is 4.17. The van der Waals surface area contributed by atoms with E-state index in [0.29, 0.717) is 17.1 Å². The lowest BCUT2D eigenvalue weighted by Crippen LogP contribution is -2.15. The number of carbonyl (C=O) groups excluding carboxylic acids is 1. The van der Waals surface area contributed by atoms with Crippen molar-refractivity contribution in [1.82, 2.24) is 9.78 Å². The first-order chi connectivity index (χ1) is 8.08. The van der Waals surface area contributed by atoms with Gasteiger partial charge in [0.05, 0.1) is 11.9 Å². The SMILES string of the molecule is Cn1ncc(N)c1NC(=O)c1ccc(O)cc1. The van der Waals surface area contributed by atoms with E-state index < -0.39 is 0 Å². The number of phenolic OH excluding ortho intramolecular Hbond substituents is 1. The maximum absolute atomic E-state index is 11.8. The molecular weight excluding hydrogens is 220 g/mol. The number of nitrogens with two attached hydrogens (primary N) is 1. The first-order valence-corrected chi connectivity index (χ1v) is 4.96. The van der Waals surface area contributed by atoms with Crippen LogP contribution in [0.3, 0.4) is 0 Å². The van der Waals surface area contributed by atoms with E-state index in [0.717, 1.165) is 0 Å². The van der Waals surface area contributed by atoms with Crippen molar-refractivity contribution >= 4 is 17.4 Å². The van der Waals surface area contributed by atoms with Crippen LogP contribution in [-0.4, -0.2) is 20.8 Å². The van der Waals surface area contributed by atoms with Crippen molar-refractivity contribution in [3.63, 3.8) is 0 Å². The van der Waals surface area contributed by atoms with Crippen LogP contribution in [0, 0.1) is 0 Å². The van der Waals surface area contributed by atoms with Crippen LogP contribution >= 0.6 is 0 Å². The standard InChI is InChI=1S/C11H12N4O2/c1-15-10(9(12)6-13-15)14-11(17)7-2-4-8(16)5-3-7/h2-6,16H,12H2,1H3,(H,14,17). The number of hydrogen-bond acceptors (Lipinski definition) is 4. The summed E-state index contributed by atoms with van der Waals surface area (Å²) in [5, 5.41) is 15.7. The molecule has 4 N–H and O–H groups in total. The van der Waals surface area contributed by atoms with Gasteiger partial charge in [-0.2, -0.15) is 5.10 Å². The molecular formula is C11H12N4O2. The first kappa shape index (κ1) is 11.0. The van der Waals surface area contributed by atoms with Gasteiger partial charge in [0, 0.05) is 12.6 Å². The smallest absolute Gasteiger partial charge is 0.256 e. The summed E-state index contributed by atoms with van der Waals surface area (Å²) in [6.07, 6.45) is 1.46. The Bertz CT molecular complexity index is 526. The molecule has 6 nitrogen and oxygen atoms in total. The molecule has 0 spiro atoms. The van der Waals surface area contributed by atoms with Gasteiger partial charge in [0.15, 0.2) is 5.82 Å². The number of nitrogens with zero attached hydrogens (tertiary/aromatic N) is 2. The number of nitrogens with one attached hydrogen (secondary N) is 1. The molecule has 1 amide bonds. The van der Waals surface area contributed by atoms with Gasteiger partial charge in [-0.15, -0.1) is 0 Å². The Kier molecular flexibility index (Phi) is 2.70. The van der Waals surface area contributed by atoms with Crippen molar-refractivity contribution in [2.45, 2.75) is 0 Å². The Morgan fingerprint density at radius 2 is 2.06 bits per heavy atom. The highest BCUT2D eigenvalue weighted by Crippen LogP contribution is 2.17. The molecule has 0 saturated heterocycles. The van der Waals surface area contributed by atoms with E-state index in [1.54, 1.807) is 7.05 Å². The molecule has 88 valence electrons. The van der Waals surface area contributed by atoms with Crippen molar-refractivity contribution in [2.75, 3.05) is 11.1 Å². The number of aryl methyl sites for hydroxylation is 1. The minimum atomic E-state index is -0.305. The average molecular weight is 232 g/mol. The molecule has 17 heavy (non-hydrogen) atoms. The predicted octanol–water partition coefficient (Wildman–Crippen LogP) is 0.960. The number of rotatable bonds is 2. The summed E-state index contributed by atoms with van der Waals surface area (Å²) in [5.41, 5.74) is 6.49. The zero-order valence-corrected chi connectivity index (χ0v) is 9.21. The van der Waals surface area contributed by atoms with Crippen LogP contribution < -0.4 is 11.1 Å². The number of carbonyl (C=O) groups is 1. The lowest BCUT2D eigenvalue weighted by molar-refractivity contribution is 0.102. The number of phenols is 1. The molecule has 1 aromatic heterocycles. The van der Waals surface area contributed by atoms with Gasteiger partial charge in [0.25, 0.3) is 5.91 Å². The Balaban J connectivity index is 2.20. The number of benzene rings is 1. The van der Waals surface area contributed by atoms with E-state index in [2.05, 4.69) is 10.4 Å². The highest BCUT2D eigenvalue weighted by Gasteiger charge is 2.11. The Labute approximate surface area is 97.7 Å². The quantitative estimate of drug-likeness (QED) is 0.719. The second-order valence-corrected chi connectivity index (χ2v) is 3.57. The minimum Gasteiger partial charge on any atom is -0.508 e. The molecule has 0 aliphatic rings. The molecule has 0 bridgehead atoms. The maximum atomic E-state index is 11.8. The van der Waals surface area contributed by atoms with Gasteiger partial charge >= 0.3 is 0 Å². The molecule has 0 unspecified atom stereocenters. The number of amides is 1. The molecule has 0 atom stereocenters. The van der Waals surface area contributed by atoms with Crippen LogP contribution in [0.5, 0.6) is 5.75 Å². The fourth-order valence-electron chi connectivity index (χ4n) is 1.40. The number of aromatic hydroxyl groups is 1. The molecule has 0 aliphatic heterocycles. The Hall–Kier alpha value is -2.50. The van der Waals surface area contributed by atoms with E-state index in [1.165, 1.54) is 35.1 Å². The van der Waals surface area contributed by atoms with Crippen molar-refractivity contribution in [1.29, 1.82) is 0 Å². The van der Waals surface area contributed by atoms with Crippen LogP contribution in [-0.2, 0) is 7.05 Å². The average Bonchev–Trinajstić information content (AvgIpc) is 2.61. The van der Waals surface area contributed by atoms with Crippen LogP contribution in [0.1, 0.15) is 10.4 Å². The molecule has 2 aromatic rings. The lowest BCUT2D eigenvalue weighted by Gasteiger charge is -2.06. The van der Waals surface area contributed by atoms with Gasteiger partial charge in [-0.3, -0.25) is 9.48 Å². The largest absolute Gasteiger partial charge is 0.508 e. The molecule has 6 heteroatoms. The van der Waals surface area contributed by atoms with Gasteiger partial charge in [0.2, 0.25) is 0 Å². The summed E-state index contributed by atoms with van der Waals surface area (Å²) in [6.45, 7) is 0. The second-order valence-electron chi connectivity index (χ2n) is 3.57. The summed E-state index contributed by atoms with van der Waals surface area (Å²) < 4.78 is 1.48. The van der Waals surface area contributed by atoms with Crippen LogP contribution in [0.25, 0.3) is 0 Å². The summed E-state index contributed by atoms with van der Waals surface area (Å²) in [4.78, 5) is 11.8. The van der Waals surface area contributed by atoms with Crippen LogP contribution in [0.2, 0.25) is 0 Å². The van der Waals surface area contributed by atoms with Gasteiger partial charge in [-0.05, 0) is 24.3 Å².